The molecule has 33 heavy (non-hydrogen) atoms. The van der Waals surface area contributed by atoms with E-state index in [0.717, 1.165) is 33.7 Å². The Morgan fingerprint density at radius 3 is 2.52 bits per heavy atom. The lowest BCUT2D eigenvalue weighted by Crippen LogP contribution is -2.46. The van der Waals surface area contributed by atoms with Crippen molar-refractivity contribution < 1.29 is 27.5 Å². The molecular weight excluding hydrogens is 459 g/mol. The van der Waals surface area contributed by atoms with Crippen molar-refractivity contribution in [2.75, 3.05) is 4.90 Å². The number of hydrogen-bond donors (Lipinski definition) is 1. The first-order valence-electron chi connectivity index (χ1n) is 9.77. The Morgan fingerprint density at radius 1 is 1.12 bits per heavy atom. The van der Waals surface area contributed by atoms with Crippen LogP contribution >= 0.6 is 11.6 Å². The smallest absolute Gasteiger partial charge is 0.406 e. The molecule has 4 rings (SSSR count). The molecule has 0 aliphatic carbocycles. The summed E-state index contributed by atoms with van der Waals surface area (Å²) >= 11 is 6.11. The maximum Gasteiger partial charge on any atom is 0.573 e. The number of amides is 3. The molecule has 1 atom stereocenters. The third-order valence-corrected chi connectivity index (χ3v) is 5.42. The number of urea groups is 1. The Morgan fingerprint density at radius 2 is 1.85 bits per heavy atom. The Kier molecular flexibility index (Phi) is 5.75. The van der Waals surface area contributed by atoms with E-state index in [1.165, 1.54) is 12.1 Å². The largest absolute Gasteiger partial charge is 0.573 e. The molecule has 2 heterocycles. The highest BCUT2D eigenvalue weighted by Gasteiger charge is 2.48. The van der Waals surface area contributed by atoms with Crippen molar-refractivity contribution in [1.82, 2.24) is 10.3 Å². The molecular formula is C23H17ClF3N3O3. The van der Waals surface area contributed by atoms with E-state index in [-0.39, 0.29) is 12.1 Å². The number of benzene rings is 2. The fourth-order valence-electron chi connectivity index (χ4n) is 3.71. The summed E-state index contributed by atoms with van der Waals surface area (Å²) in [6, 6.07) is 12.8. The van der Waals surface area contributed by atoms with Gasteiger partial charge in [0.25, 0.3) is 5.91 Å². The van der Waals surface area contributed by atoms with Crippen LogP contribution in [-0.4, -0.2) is 28.8 Å². The van der Waals surface area contributed by atoms with Gasteiger partial charge in [0.15, 0.2) is 0 Å². The zero-order valence-corrected chi connectivity index (χ0v) is 17.9. The number of nitrogens with one attached hydrogen (secondary N) is 1. The van der Waals surface area contributed by atoms with Crippen LogP contribution in [0.3, 0.4) is 0 Å². The lowest BCUT2D eigenvalue weighted by atomic mass is 9.89. The van der Waals surface area contributed by atoms with Gasteiger partial charge in [0, 0.05) is 29.4 Å². The quantitative estimate of drug-likeness (QED) is 0.504. The van der Waals surface area contributed by atoms with E-state index >= 15 is 0 Å². The third-order valence-electron chi connectivity index (χ3n) is 5.18. The van der Waals surface area contributed by atoms with Gasteiger partial charge < -0.3 is 10.1 Å². The molecule has 0 bridgehead atoms. The van der Waals surface area contributed by atoms with E-state index in [2.05, 4.69) is 15.0 Å². The summed E-state index contributed by atoms with van der Waals surface area (Å²) in [4.78, 5) is 31.0. The summed E-state index contributed by atoms with van der Waals surface area (Å²) < 4.78 is 41.0. The second-order valence-corrected chi connectivity index (χ2v) is 8.10. The zero-order valence-electron chi connectivity index (χ0n) is 17.2. The van der Waals surface area contributed by atoms with Crippen LogP contribution in [0.15, 0.2) is 67.0 Å². The molecule has 10 heteroatoms. The van der Waals surface area contributed by atoms with E-state index in [1.54, 1.807) is 43.6 Å². The molecule has 170 valence electrons. The van der Waals surface area contributed by atoms with Crippen molar-refractivity contribution in [3.8, 4) is 16.9 Å². The number of aromatic nitrogens is 1. The van der Waals surface area contributed by atoms with E-state index in [0.29, 0.717) is 5.02 Å². The average molecular weight is 476 g/mol. The van der Waals surface area contributed by atoms with Crippen LogP contribution in [0.5, 0.6) is 5.75 Å². The highest BCUT2D eigenvalue weighted by molar-refractivity contribution is 6.30. The zero-order chi connectivity index (χ0) is 23.8. The number of imide groups is 1. The average Bonchev–Trinajstić information content (AvgIpc) is 2.96. The predicted octanol–water partition coefficient (Wildman–Crippen LogP) is 5.36. The molecule has 2 aromatic carbocycles. The van der Waals surface area contributed by atoms with Gasteiger partial charge in [-0.2, -0.15) is 0 Å². The molecule has 1 unspecified atom stereocenters. The number of hydrogen-bond acceptors (Lipinski definition) is 4. The first-order valence-corrected chi connectivity index (χ1v) is 10.1. The fourth-order valence-corrected chi connectivity index (χ4v) is 3.90. The van der Waals surface area contributed by atoms with Gasteiger partial charge in [0.1, 0.15) is 11.3 Å². The molecule has 3 amide bonds. The second-order valence-electron chi connectivity index (χ2n) is 7.66. The van der Waals surface area contributed by atoms with Crippen molar-refractivity contribution in [1.29, 1.82) is 0 Å². The van der Waals surface area contributed by atoms with Crippen LogP contribution in [0.4, 0.5) is 23.7 Å². The number of anilines is 1. The first-order chi connectivity index (χ1) is 15.6. The standard InChI is InChI=1S/C23H17ClF3N3O3/c1-22(12-15-9-10-28-13-19(15)14-3-2-4-16(24)11-14)20(31)30(21(32)29-22)17-5-7-18(8-6-17)33-23(25,26)27/h2-11,13H,12H2,1H3,(H,29,32). The van der Waals surface area contributed by atoms with Crippen LogP contribution in [0.1, 0.15) is 12.5 Å². The van der Waals surface area contributed by atoms with Crippen LogP contribution in [0, 0.1) is 0 Å². The van der Waals surface area contributed by atoms with E-state index < -0.39 is 29.6 Å². The van der Waals surface area contributed by atoms with Crippen LogP contribution in [0.25, 0.3) is 11.1 Å². The number of rotatable bonds is 5. The third kappa shape index (κ3) is 4.78. The molecule has 1 N–H and O–H groups in total. The Bertz CT molecular complexity index is 1220. The number of ether oxygens (including phenoxy) is 1. The monoisotopic (exact) mass is 475 g/mol. The number of pyridine rings is 1. The highest BCUT2D eigenvalue weighted by atomic mass is 35.5. The van der Waals surface area contributed by atoms with Crippen molar-refractivity contribution in [3.63, 3.8) is 0 Å². The minimum atomic E-state index is -4.84. The second kappa shape index (κ2) is 8.40. The van der Waals surface area contributed by atoms with Crippen molar-refractivity contribution in [2.45, 2.75) is 25.2 Å². The van der Waals surface area contributed by atoms with Crippen molar-refractivity contribution >= 4 is 29.2 Å². The van der Waals surface area contributed by atoms with Crippen molar-refractivity contribution in [3.05, 3.63) is 77.6 Å². The molecule has 1 aromatic heterocycles. The number of halogens is 4. The number of nitrogens with zero attached hydrogens (tertiary/aromatic N) is 2. The summed E-state index contributed by atoms with van der Waals surface area (Å²) in [6.07, 6.45) is -1.44. The lowest BCUT2D eigenvalue weighted by molar-refractivity contribution is -0.274. The molecule has 1 aliphatic rings. The van der Waals surface area contributed by atoms with E-state index in [9.17, 15) is 22.8 Å². The summed E-state index contributed by atoms with van der Waals surface area (Å²) in [7, 11) is 0. The number of carbonyl (C=O) groups excluding carboxylic acids is 2. The first kappa shape index (κ1) is 22.6. The van der Waals surface area contributed by atoms with Gasteiger partial charge in [-0.3, -0.25) is 9.78 Å². The molecule has 6 nitrogen and oxygen atoms in total. The Balaban J connectivity index is 1.60. The van der Waals surface area contributed by atoms with Gasteiger partial charge in [-0.05, 0) is 60.5 Å². The van der Waals surface area contributed by atoms with E-state index in [1.807, 2.05) is 6.07 Å². The minimum absolute atomic E-state index is 0.126. The summed E-state index contributed by atoms with van der Waals surface area (Å²) in [5.74, 6) is -0.991. The van der Waals surface area contributed by atoms with Crippen LogP contribution in [0.2, 0.25) is 5.02 Å². The maximum absolute atomic E-state index is 13.3. The molecule has 1 fully saturated rings. The predicted molar refractivity (Wildman–Crippen MR) is 116 cm³/mol. The Labute approximate surface area is 191 Å². The maximum atomic E-state index is 13.3. The topological polar surface area (TPSA) is 71.5 Å². The highest BCUT2D eigenvalue weighted by Crippen LogP contribution is 2.33. The van der Waals surface area contributed by atoms with Crippen molar-refractivity contribution in [2.24, 2.45) is 0 Å². The van der Waals surface area contributed by atoms with Gasteiger partial charge in [0.05, 0.1) is 5.69 Å². The molecule has 1 saturated heterocycles. The molecule has 0 saturated carbocycles. The number of alkyl halides is 3. The van der Waals surface area contributed by atoms with Gasteiger partial charge in [0.2, 0.25) is 0 Å². The molecule has 1 aliphatic heterocycles. The summed E-state index contributed by atoms with van der Waals surface area (Å²) in [6.45, 7) is 1.59. The fraction of sp³-hybridized carbons (Fsp3) is 0.174. The summed E-state index contributed by atoms with van der Waals surface area (Å²) in [5.41, 5.74) is 1.17. The van der Waals surface area contributed by atoms with Gasteiger partial charge in [-0.25, -0.2) is 9.69 Å². The minimum Gasteiger partial charge on any atom is -0.406 e. The van der Waals surface area contributed by atoms with Gasteiger partial charge in [-0.1, -0.05) is 23.7 Å². The van der Waals surface area contributed by atoms with Crippen LogP contribution in [-0.2, 0) is 11.2 Å². The molecule has 0 spiro atoms. The summed E-state index contributed by atoms with van der Waals surface area (Å²) in [5, 5.41) is 3.24. The normalized spacial score (nSPS) is 18.4. The Hall–Kier alpha value is -3.59. The van der Waals surface area contributed by atoms with Gasteiger partial charge in [-0.15, -0.1) is 13.2 Å². The molecule has 3 aromatic rings. The SMILES string of the molecule is CC1(Cc2ccncc2-c2cccc(Cl)c2)NC(=O)N(c2ccc(OC(F)(F)F)cc2)C1=O. The van der Waals surface area contributed by atoms with Crippen LogP contribution < -0.4 is 15.0 Å². The number of carbonyl (C=O) groups is 2. The molecule has 0 radical (unpaired) electrons. The lowest BCUT2D eigenvalue weighted by Gasteiger charge is -2.23. The van der Waals surface area contributed by atoms with E-state index in [4.69, 9.17) is 11.6 Å². The van der Waals surface area contributed by atoms with Gasteiger partial charge >= 0.3 is 12.4 Å².